The van der Waals surface area contributed by atoms with Crippen molar-refractivity contribution in [3.05, 3.63) is 89.7 Å². The molecule has 1 N–H and O–H groups in total. The first-order chi connectivity index (χ1) is 12.4. The van der Waals surface area contributed by atoms with E-state index in [4.69, 9.17) is 0 Å². The van der Waals surface area contributed by atoms with Gasteiger partial charge in [0.2, 0.25) is 0 Å². The molecule has 3 aromatic carbocycles. The lowest BCUT2D eigenvalue weighted by Crippen LogP contribution is -2.13. The molecular formula is C20H18FNO2S2. The van der Waals surface area contributed by atoms with Crippen LogP contribution in [0.15, 0.2) is 82.6 Å². The van der Waals surface area contributed by atoms with Gasteiger partial charge in [0.25, 0.3) is 10.0 Å². The summed E-state index contributed by atoms with van der Waals surface area (Å²) in [6.07, 6.45) is 0. The van der Waals surface area contributed by atoms with Gasteiger partial charge in [0.15, 0.2) is 0 Å². The zero-order valence-electron chi connectivity index (χ0n) is 14.1. The maximum atomic E-state index is 13.0. The van der Waals surface area contributed by atoms with E-state index in [1.54, 1.807) is 48.5 Å². The van der Waals surface area contributed by atoms with Crippen LogP contribution in [-0.2, 0) is 15.8 Å². The molecule has 0 aliphatic heterocycles. The van der Waals surface area contributed by atoms with E-state index in [0.29, 0.717) is 11.4 Å². The average molecular weight is 388 g/mol. The summed E-state index contributed by atoms with van der Waals surface area (Å²) in [4.78, 5) is 1.04. The number of aryl methyl sites for hydroxylation is 1. The van der Waals surface area contributed by atoms with Crippen molar-refractivity contribution in [2.45, 2.75) is 22.5 Å². The number of hydrogen-bond donors (Lipinski definition) is 1. The Morgan fingerprint density at radius 2 is 1.58 bits per heavy atom. The van der Waals surface area contributed by atoms with E-state index < -0.39 is 10.0 Å². The number of sulfonamides is 1. The summed E-state index contributed by atoms with van der Waals surface area (Å²) in [6.45, 7) is 1.91. The van der Waals surface area contributed by atoms with Crippen LogP contribution in [0.4, 0.5) is 10.1 Å². The Labute approximate surface area is 157 Å². The highest BCUT2D eigenvalue weighted by Gasteiger charge is 2.15. The Hall–Kier alpha value is -2.31. The first-order valence-electron chi connectivity index (χ1n) is 8.00. The minimum absolute atomic E-state index is 0.224. The summed E-state index contributed by atoms with van der Waals surface area (Å²) < 4.78 is 40.9. The van der Waals surface area contributed by atoms with Crippen LogP contribution in [0.1, 0.15) is 11.1 Å². The first kappa shape index (κ1) is 18.5. The van der Waals surface area contributed by atoms with Gasteiger partial charge >= 0.3 is 0 Å². The maximum Gasteiger partial charge on any atom is 0.261 e. The average Bonchev–Trinajstić information content (AvgIpc) is 2.62. The van der Waals surface area contributed by atoms with E-state index in [2.05, 4.69) is 4.72 Å². The first-order valence-corrected chi connectivity index (χ1v) is 10.5. The second kappa shape index (κ2) is 7.93. The lowest BCUT2D eigenvalue weighted by molar-refractivity contribution is 0.601. The molecule has 0 aliphatic rings. The van der Waals surface area contributed by atoms with E-state index >= 15 is 0 Å². The summed E-state index contributed by atoms with van der Waals surface area (Å²) in [6, 6.07) is 20.2. The third kappa shape index (κ3) is 4.65. The van der Waals surface area contributed by atoms with Crippen LogP contribution >= 0.6 is 11.8 Å². The maximum absolute atomic E-state index is 13.0. The predicted octanol–water partition coefficient (Wildman–Crippen LogP) is 5.23. The number of rotatable bonds is 6. The number of benzene rings is 3. The molecule has 26 heavy (non-hydrogen) atoms. The Bertz CT molecular complexity index is 985. The van der Waals surface area contributed by atoms with Gasteiger partial charge in [0.1, 0.15) is 5.82 Å². The van der Waals surface area contributed by atoms with Crippen LogP contribution in [0.3, 0.4) is 0 Å². The zero-order valence-corrected chi connectivity index (χ0v) is 15.8. The van der Waals surface area contributed by atoms with Gasteiger partial charge in [0, 0.05) is 10.6 Å². The number of para-hydroxylation sites is 1. The normalized spacial score (nSPS) is 11.3. The van der Waals surface area contributed by atoms with Gasteiger partial charge in [-0.25, -0.2) is 12.8 Å². The topological polar surface area (TPSA) is 46.2 Å². The second-order valence-electron chi connectivity index (χ2n) is 5.83. The molecule has 3 nitrogen and oxygen atoms in total. The van der Waals surface area contributed by atoms with E-state index in [0.717, 1.165) is 16.0 Å². The largest absolute Gasteiger partial charge is 0.278 e. The Kier molecular flexibility index (Phi) is 5.64. The monoisotopic (exact) mass is 387 g/mol. The number of anilines is 1. The fourth-order valence-corrected chi connectivity index (χ4v) is 4.45. The predicted molar refractivity (Wildman–Crippen MR) is 104 cm³/mol. The van der Waals surface area contributed by atoms with E-state index in [9.17, 15) is 12.8 Å². The van der Waals surface area contributed by atoms with Crippen LogP contribution in [0, 0.1) is 12.7 Å². The molecule has 0 bridgehead atoms. The highest BCUT2D eigenvalue weighted by molar-refractivity contribution is 7.98. The Balaban J connectivity index is 1.78. The molecular weight excluding hydrogens is 369 g/mol. The van der Waals surface area contributed by atoms with E-state index in [-0.39, 0.29) is 10.7 Å². The van der Waals surface area contributed by atoms with Gasteiger partial charge in [-0.05, 0) is 48.9 Å². The number of halogens is 1. The van der Waals surface area contributed by atoms with Crippen molar-refractivity contribution in [1.82, 2.24) is 0 Å². The van der Waals surface area contributed by atoms with Gasteiger partial charge in [-0.3, -0.25) is 4.72 Å². The van der Waals surface area contributed by atoms with Crippen molar-refractivity contribution >= 4 is 27.5 Å². The van der Waals surface area contributed by atoms with Crippen molar-refractivity contribution in [3.63, 3.8) is 0 Å². The van der Waals surface area contributed by atoms with Crippen molar-refractivity contribution in [3.8, 4) is 0 Å². The molecule has 0 radical (unpaired) electrons. The second-order valence-corrected chi connectivity index (χ2v) is 8.53. The molecule has 3 rings (SSSR count). The van der Waals surface area contributed by atoms with Crippen molar-refractivity contribution < 1.29 is 12.8 Å². The number of thioether (sulfide) groups is 1. The van der Waals surface area contributed by atoms with Crippen LogP contribution < -0.4 is 4.72 Å². The molecule has 3 aromatic rings. The molecule has 0 amide bonds. The summed E-state index contributed by atoms with van der Waals surface area (Å²) in [5.74, 6) is 0.341. The minimum Gasteiger partial charge on any atom is -0.278 e. The van der Waals surface area contributed by atoms with Gasteiger partial charge in [-0.1, -0.05) is 42.0 Å². The molecule has 0 aliphatic carbocycles. The number of hydrogen-bond acceptors (Lipinski definition) is 3. The SMILES string of the molecule is Cc1ccc(S(=O)(=O)Nc2ccccc2SCc2ccc(F)cc2)cc1. The van der Waals surface area contributed by atoms with E-state index in [1.165, 1.54) is 23.9 Å². The summed E-state index contributed by atoms with van der Waals surface area (Å²) in [5, 5.41) is 0. The van der Waals surface area contributed by atoms with Crippen LogP contribution in [0.5, 0.6) is 0 Å². The summed E-state index contributed by atoms with van der Waals surface area (Å²) >= 11 is 1.49. The Morgan fingerprint density at radius 3 is 2.27 bits per heavy atom. The lowest BCUT2D eigenvalue weighted by atomic mass is 10.2. The number of nitrogens with one attached hydrogen (secondary N) is 1. The fraction of sp³-hybridized carbons (Fsp3) is 0.100. The highest BCUT2D eigenvalue weighted by atomic mass is 32.2. The van der Waals surface area contributed by atoms with Crippen LogP contribution in [-0.4, -0.2) is 8.42 Å². The highest BCUT2D eigenvalue weighted by Crippen LogP contribution is 2.31. The van der Waals surface area contributed by atoms with Crippen molar-refractivity contribution in [2.24, 2.45) is 0 Å². The van der Waals surface area contributed by atoms with Crippen LogP contribution in [0.2, 0.25) is 0 Å². The molecule has 134 valence electrons. The molecule has 0 atom stereocenters. The molecule has 0 unspecified atom stereocenters. The molecule has 0 saturated heterocycles. The minimum atomic E-state index is -3.65. The third-order valence-electron chi connectivity index (χ3n) is 3.77. The summed E-state index contributed by atoms with van der Waals surface area (Å²) in [7, 11) is -3.65. The molecule has 0 saturated carbocycles. The van der Waals surface area contributed by atoms with Gasteiger partial charge < -0.3 is 0 Å². The molecule has 0 heterocycles. The molecule has 0 spiro atoms. The lowest BCUT2D eigenvalue weighted by Gasteiger charge is -2.12. The standard InChI is InChI=1S/C20H18FNO2S2/c1-15-6-12-18(13-7-15)26(23,24)22-19-4-2-3-5-20(19)25-14-16-8-10-17(21)11-9-16/h2-13,22H,14H2,1H3. The van der Waals surface area contributed by atoms with Crippen LogP contribution in [0.25, 0.3) is 0 Å². The molecule has 6 heteroatoms. The van der Waals surface area contributed by atoms with E-state index in [1.807, 2.05) is 19.1 Å². The third-order valence-corrected chi connectivity index (χ3v) is 6.30. The van der Waals surface area contributed by atoms with Gasteiger partial charge in [-0.2, -0.15) is 0 Å². The zero-order chi connectivity index (χ0) is 18.6. The molecule has 0 fully saturated rings. The van der Waals surface area contributed by atoms with Crippen molar-refractivity contribution in [2.75, 3.05) is 4.72 Å². The fourth-order valence-electron chi connectivity index (χ4n) is 2.34. The molecule has 0 aromatic heterocycles. The van der Waals surface area contributed by atoms with Gasteiger partial charge in [0.05, 0.1) is 10.6 Å². The quantitative estimate of drug-likeness (QED) is 0.589. The smallest absolute Gasteiger partial charge is 0.261 e. The van der Waals surface area contributed by atoms with Crippen molar-refractivity contribution in [1.29, 1.82) is 0 Å². The van der Waals surface area contributed by atoms with Gasteiger partial charge in [-0.15, -0.1) is 11.8 Å². The Morgan fingerprint density at radius 1 is 0.923 bits per heavy atom. The summed E-state index contributed by atoms with van der Waals surface area (Å²) in [5.41, 5.74) is 2.49.